The van der Waals surface area contributed by atoms with Crippen molar-refractivity contribution < 1.29 is 17.3 Å². The Balaban J connectivity index is 1.75. The molecule has 0 radical (unpaired) electrons. The van der Waals surface area contributed by atoms with Crippen molar-refractivity contribution in [1.29, 1.82) is 0 Å². The highest BCUT2D eigenvalue weighted by Gasteiger charge is 2.17. The molecule has 0 aliphatic heterocycles. The van der Waals surface area contributed by atoms with E-state index in [4.69, 9.17) is 4.52 Å². The summed E-state index contributed by atoms with van der Waals surface area (Å²) in [4.78, 5) is 4.18. The Morgan fingerprint density at radius 1 is 1.12 bits per heavy atom. The van der Waals surface area contributed by atoms with Gasteiger partial charge in [-0.1, -0.05) is 29.4 Å². The number of nitrogens with zero attached hydrogens (tertiary/aromatic N) is 2. The Hall–Kier alpha value is -2.58. The quantitative estimate of drug-likeness (QED) is 0.755. The number of aromatic nitrogens is 2. The molecule has 0 saturated carbocycles. The number of aryl methyl sites for hydroxylation is 2. The fourth-order valence-corrected chi connectivity index (χ4v) is 3.34. The third-order valence-corrected chi connectivity index (χ3v) is 5.11. The van der Waals surface area contributed by atoms with E-state index in [2.05, 4.69) is 14.9 Å². The normalized spacial score (nSPS) is 11.6. The van der Waals surface area contributed by atoms with Gasteiger partial charge in [0.05, 0.1) is 11.4 Å². The van der Waals surface area contributed by atoms with E-state index in [0.29, 0.717) is 5.82 Å². The van der Waals surface area contributed by atoms with E-state index in [9.17, 15) is 12.8 Å². The smallest absolute Gasteiger partial charge is 0.242 e. The van der Waals surface area contributed by atoms with Gasteiger partial charge in [0, 0.05) is 5.56 Å². The van der Waals surface area contributed by atoms with E-state index in [1.807, 2.05) is 31.2 Å². The first-order chi connectivity index (χ1) is 11.9. The summed E-state index contributed by atoms with van der Waals surface area (Å²) in [6, 6.07) is 11.1. The lowest BCUT2D eigenvalue weighted by Gasteiger charge is -2.06. The van der Waals surface area contributed by atoms with Crippen LogP contribution in [0.3, 0.4) is 0 Å². The molecule has 1 aromatic heterocycles. The van der Waals surface area contributed by atoms with Crippen LogP contribution in [0.1, 0.15) is 17.0 Å². The average molecular weight is 361 g/mol. The van der Waals surface area contributed by atoms with Crippen LogP contribution in [0, 0.1) is 19.7 Å². The predicted octanol–water partition coefficient (Wildman–Crippen LogP) is 2.97. The topological polar surface area (TPSA) is 85.1 Å². The molecule has 1 heterocycles. The summed E-state index contributed by atoms with van der Waals surface area (Å²) in [5.74, 6) is 0.0734. The largest absolute Gasteiger partial charge is 0.338 e. The molecule has 6 nitrogen and oxygen atoms in total. The van der Waals surface area contributed by atoms with Crippen LogP contribution >= 0.6 is 0 Å². The van der Waals surface area contributed by atoms with E-state index in [1.165, 1.54) is 19.1 Å². The SMILES string of the molecule is Cc1cc(S(=O)(=O)NCc2nc(-c3ccccc3C)no2)ccc1F. The van der Waals surface area contributed by atoms with Crippen molar-refractivity contribution in [2.45, 2.75) is 25.3 Å². The van der Waals surface area contributed by atoms with Crippen LogP contribution in [-0.4, -0.2) is 18.6 Å². The Kier molecular flexibility index (Phi) is 4.65. The van der Waals surface area contributed by atoms with Gasteiger partial charge in [-0.05, 0) is 43.2 Å². The highest BCUT2D eigenvalue weighted by Crippen LogP contribution is 2.20. The van der Waals surface area contributed by atoms with E-state index < -0.39 is 15.8 Å². The van der Waals surface area contributed by atoms with Gasteiger partial charge in [-0.15, -0.1) is 0 Å². The monoisotopic (exact) mass is 361 g/mol. The number of halogens is 1. The van der Waals surface area contributed by atoms with Crippen molar-refractivity contribution in [1.82, 2.24) is 14.9 Å². The van der Waals surface area contributed by atoms with Gasteiger partial charge in [-0.3, -0.25) is 0 Å². The number of hydrogen-bond acceptors (Lipinski definition) is 5. The molecule has 0 unspecified atom stereocenters. The molecule has 3 rings (SSSR count). The standard InChI is InChI=1S/C17H16FN3O3S/c1-11-5-3-4-6-14(11)17-20-16(24-21-17)10-19-25(22,23)13-7-8-15(18)12(2)9-13/h3-9,19H,10H2,1-2H3. The molecule has 8 heteroatoms. The summed E-state index contributed by atoms with van der Waals surface area (Å²) < 4.78 is 45.3. The third-order valence-electron chi connectivity index (χ3n) is 3.71. The van der Waals surface area contributed by atoms with Crippen LogP contribution in [-0.2, 0) is 16.6 Å². The molecule has 130 valence electrons. The maximum Gasteiger partial charge on any atom is 0.242 e. The van der Waals surface area contributed by atoms with Crippen LogP contribution in [0.4, 0.5) is 4.39 Å². The average Bonchev–Trinajstić information content (AvgIpc) is 3.05. The van der Waals surface area contributed by atoms with E-state index in [1.54, 1.807) is 0 Å². The molecular formula is C17H16FN3O3S. The van der Waals surface area contributed by atoms with Crippen molar-refractivity contribution in [3.8, 4) is 11.4 Å². The Morgan fingerprint density at radius 3 is 2.60 bits per heavy atom. The van der Waals surface area contributed by atoms with E-state index in [0.717, 1.165) is 17.2 Å². The van der Waals surface area contributed by atoms with Gasteiger partial charge in [0.2, 0.25) is 21.7 Å². The molecule has 0 fully saturated rings. The first kappa shape index (κ1) is 17.2. The zero-order chi connectivity index (χ0) is 18.0. The van der Waals surface area contributed by atoms with Crippen LogP contribution in [0.15, 0.2) is 51.9 Å². The van der Waals surface area contributed by atoms with Crippen molar-refractivity contribution in [2.75, 3.05) is 0 Å². The molecule has 0 atom stereocenters. The summed E-state index contributed by atoms with van der Waals surface area (Å²) >= 11 is 0. The highest BCUT2D eigenvalue weighted by molar-refractivity contribution is 7.89. The molecule has 0 saturated heterocycles. The number of benzene rings is 2. The van der Waals surface area contributed by atoms with Gasteiger partial charge < -0.3 is 4.52 Å². The van der Waals surface area contributed by atoms with E-state index >= 15 is 0 Å². The van der Waals surface area contributed by atoms with Crippen LogP contribution in [0.2, 0.25) is 0 Å². The minimum atomic E-state index is -3.81. The Labute approximate surface area is 144 Å². The van der Waals surface area contributed by atoms with E-state index in [-0.39, 0.29) is 22.9 Å². The Morgan fingerprint density at radius 2 is 1.88 bits per heavy atom. The molecule has 25 heavy (non-hydrogen) atoms. The number of nitrogens with one attached hydrogen (secondary N) is 1. The number of sulfonamides is 1. The zero-order valence-corrected chi connectivity index (χ0v) is 14.5. The summed E-state index contributed by atoms with van der Waals surface area (Å²) in [6.07, 6.45) is 0. The predicted molar refractivity (Wildman–Crippen MR) is 89.6 cm³/mol. The summed E-state index contributed by atoms with van der Waals surface area (Å²) in [6.45, 7) is 3.27. The molecule has 0 aliphatic rings. The minimum Gasteiger partial charge on any atom is -0.338 e. The second-order valence-corrected chi connectivity index (χ2v) is 7.33. The molecule has 1 N–H and O–H groups in total. The minimum absolute atomic E-state index is 0.0231. The number of hydrogen-bond donors (Lipinski definition) is 1. The van der Waals surface area contributed by atoms with Gasteiger partial charge >= 0.3 is 0 Å². The number of rotatable bonds is 5. The van der Waals surface area contributed by atoms with Crippen molar-refractivity contribution >= 4 is 10.0 Å². The summed E-state index contributed by atoms with van der Waals surface area (Å²) in [5.41, 5.74) is 2.05. The van der Waals surface area contributed by atoms with Gasteiger partial charge in [-0.25, -0.2) is 17.5 Å². The Bertz CT molecular complexity index is 1020. The molecule has 0 aliphatic carbocycles. The maximum absolute atomic E-state index is 13.3. The summed E-state index contributed by atoms with van der Waals surface area (Å²) in [7, 11) is -3.81. The van der Waals surface area contributed by atoms with Crippen molar-refractivity contribution in [3.63, 3.8) is 0 Å². The first-order valence-electron chi connectivity index (χ1n) is 7.51. The second-order valence-electron chi connectivity index (χ2n) is 5.56. The maximum atomic E-state index is 13.3. The van der Waals surface area contributed by atoms with Crippen LogP contribution in [0.5, 0.6) is 0 Å². The lowest BCUT2D eigenvalue weighted by atomic mass is 10.1. The first-order valence-corrected chi connectivity index (χ1v) is 8.99. The second kappa shape index (κ2) is 6.73. The lowest BCUT2D eigenvalue weighted by molar-refractivity contribution is 0.376. The van der Waals surface area contributed by atoms with Gasteiger partial charge in [0.15, 0.2) is 0 Å². The van der Waals surface area contributed by atoms with Gasteiger partial charge in [0.1, 0.15) is 5.82 Å². The van der Waals surface area contributed by atoms with Gasteiger partial charge in [0.25, 0.3) is 0 Å². The fourth-order valence-electron chi connectivity index (χ4n) is 2.28. The molecule has 0 amide bonds. The van der Waals surface area contributed by atoms with Crippen LogP contribution in [0.25, 0.3) is 11.4 Å². The zero-order valence-electron chi connectivity index (χ0n) is 13.7. The molecule has 2 aromatic carbocycles. The molecule has 0 spiro atoms. The summed E-state index contributed by atoms with van der Waals surface area (Å²) in [5, 5.41) is 3.88. The third kappa shape index (κ3) is 3.75. The van der Waals surface area contributed by atoms with Crippen LogP contribution < -0.4 is 4.72 Å². The fraction of sp³-hybridized carbons (Fsp3) is 0.176. The molecule has 0 bridgehead atoms. The highest BCUT2D eigenvalue weighted by atomic mass is 32.2. The molecule has 3 aromatic rings. The van der Waals surface area contributed by atoms with Crippen molar-refractivity contribution in [3.05, 3.63) is 65.3 Å². The van der Waals surface area contributed by atoms with Gasteiger partial charge in [-0.2, -0.15) is 4.98 Å². The molecular weight excluding hydrogens is 345 g/mol. The van der Waals surface area contributed by atoms with Crippen molar-refractivity contribution in [2.24, 2.45) is 0 Å². The lowest BCUT2D eigenvalue weighted by Crippen LogP contribution is -2.23.